The van der Waals surface area contributed by atoms with Crippen LogP contribution in [-0.2, 0) is 38.0 Å². The number of hydrogen-bond donors (Lipinski definition) is 5. The monoisotopic (exact) mass is 838 g/mol. The maximum atomic E-state index is 14.3. The van der Waals surface area contributed by atoms with Crippen molar-refractivity contribution in [2.45, 2.75) is 154 Å². The average Bonchev–Trinajstić information content (AvgIpc) is 3.66. The lowest BCUT2D eigenvalue weighted by molar-refractivity contribution is -0.414. The number of rotatable bonds is 13. The number of carbonyl (C=O) groups excluding carboxylic acids is 2. The molecule has 17 atom stereocenters. The minimum atomic E-state index is -1.72. The molecule has 2 spiro atoms. The quantitative estimate of drug-likeness (QED) is 0.126. The highest BCUT2D eigenvalue weighted by Crippen LogP contribution is 2.56. The number of benzene rings is 1. The van der Waals surface area contributed by atoms with E-state index in [-0.39, 0.29) is 59.0 Å². The van der Waals surface area contributed by atoms with Crippen LogP contribution in [0.1, 0.15) is 109 Å². The summed E-state index contributed by atoms with van der Waals surface area (Å²) in [5.74, 6) is -9.24. The van der Waals surface area contributed by atoms with Crippen molar-refractivity contribution in [3.8, 4) is 5.75 Å². The van der Waals surface area contributed by atoms with E-state index in [1.807, 2.05) is 20.8 Å². The number of halogens is 1. The van der Waals surface area contributed by atoms with Gasteiger partial charge in [0.1, 0.15) is 28.8 Å². The van der Waals surface area contributed by atoms with Crippen molar-refractivity contribution < 1.29 is 68.3 Å². The summed E-state index contributed by atoms with van der Waals surface area (Å²) in [5, 5.41) is 54.7. The van der Waals surface area contributed by atoms with Crippen molar-refractivity contribution in [3.63, 3.8) is 0 Å². The first-order valence-corrected chi connectivity index (χ1v) is 20.8. The summed E-state index contributed by atoms with van der Waals surface area (Å²) >= 11 is 6.50. The molecule has 4 aliphatic heterocycles. The third kappa shape index (κ3) is 7.98. The van der Waals surface area contributed by atoms with Crippen molar-refractivity contribution in [2.75, 3.05) is 13.7 Å². The average molecular weight is 839 g/mol. The minimum absolute atomic E-state index is 0.0417. The van der Waals surface area contributed by atoms with Crippen LogP contribution in [0.3, 0.4) is 0 Å². The molecular formula is C43H63ClO14. The topological polar surface area (TPSA) is 208 Å². The van der Waals surface area contributed by atoms with Crippen molar-refractivity contribution in [2.24, 2.45) is 35.5 Å². The fourth-order valence-electron chi connectivity index (χ4n) is 10.3. The van der Waals surface area contributed by atoms with Crippen LogP contribution in [0.4, 0.5) is 0 Å². The first-order chi connectivity index (χ1) is 27.0. The molecule has 4 aliphatic rings. The number of esters is 1. The van der Waals surface area contributed by atoms with E-state index in [1.54, 1.807) is 60.6 Å². The zero-order valence-corrected chi connectivity index (χ0v) is 36.2. The molecule has 326 valence electrons. The van der Waals surface area contributed by atoms with Crippen LogP contribution in [0.25, 0.3) is 0 Å². The lowest BCUT2D eigenvalue weighted by Gasteiger charge is -2.54. The van der Waals surface area contributed by atoms with Crippen molar-refractivity contribution in [1.82, 2.24) is 0 Å². The van der Waals surface area contributed by atoms with Gasteiger partial charge in [0.15, 0.2) is 11.9 Å². The molecule has 5 rings (SSSR count). The second-order valence-corrected chi connectivity index (χ2v) is 18.0. The van der Waals surface area contributed by atoms with Gasteiger partial charge in [0, 0.05) is 42.2 Å². The highest BCUT2D eigenvalue weighted by molar-refractivity contribution is 6.32. The fraction of sp³-hybridized carbons (Fsp3) is 0.744. The van der Waals surface area contributed by atoms with Crippen LogP contribution in [0.15, 0.2) is 18.2 Å². The third-order valence-electron chi connectivity index (χ3n) is 13.5. The molecule has 3 saturated heterocycles. The number of carboxylic acids is 1. The van der Waals surface area contributed by atoms with Crippen molar-refractivity contribution >= 4 is 29.3 Å². The van der Waals surface area contributed by atoms with E-state index < -0.39 is 101 Å². The number of methoxy groups -OCH3 is 1. The summed E-state index contributed by atoms with van der Waals surface area (Å²) < 4.78 is 37.8. The molecule has 0 radical (unpaired) electrons. The molecule has 15 heteroatoms. The Morgan fingerprint density at radius 1 is 1.07 bits per heavy atom. The van der Waals surface area contributed by atoms with E-state index in [1.165, 1.54) is 13.2 Å². The van der Waals surface area contributed by atoms with Gasteiger partial charge < -0.3 is 54.0 Å². The standard InChI is InChI=1S/C43H63ClO14/c1-12-54-40(52)37-28(45)18-30(55-37)41(10)38(53-11)26(9)43(57-41)29(46)13-14-42(58-43)23(6)16-22(5)36(56-42)25(8)35(49)24(7)33(47)20(3)15-19(2)31-27(44)17-21(4)34(48)32(31)39(50)51/h13-14,17,19-20,22-26,28-30,33,36-38,45-48H,12,15-16,18H2,1-11H3,(H,50,51)/t19-,20+,22+,23-,24+,25+,26+,28-,29-,30-,33+,36-,37+,38-,41-,42-,43-/m0/s1. The minimum Gasteiger partial charge on any atom is -0.507 e. The third-order valence-corrected chi connectivity index (χ3v) is 13.8. The van der Waals surface area contributed by atoms with Crippen LogP contribution in [0.2, 0.25) is 5.02 Å². The van der Waals surface area contributed by atoms with Crippen molar-refractivity contribution in [3.05, 3.63) is 39.9 Å². The molecule has 0 aromatic heterocycles. The van der Waals surface area contributed by atoms with E-state index in [4.69, 9.17) is 40.0 Å². The molecule has 0 aliphatic carbocycles. The van der Waals surface area contributed by atoms with Gasteiger partial charge in [0.2, 0.25) is 5.79 Å². The number of carbonyl (C=O) groups is 3. The van der Waals surface area contributed by atoms with Crippen LogP contribution in [-0.4, -0.2) is 117 Å². The van der Waals surface area contributed by atoms with E-state index in [0.29, 0.717) is 12.0 Å². The lowest BCUT2D eigenvalue weighted by atomic mass is 9.74. The molecule has 1 aromatic carbocycles. The number of ether oxygens (including phenoxy) is 6. The van der Waals surface area contributed by atoms with Gasteiger partial charge in [-0.1, -0.05) is 60.1 Å². The summed E-state index contributed by atoms with van der Waals surface area (Å²) in [5.41, 5.74) is -0.978. The molecule has 1 aromatic rings. The van der Waals surface area contributed by atoms with Gasteiger partial charge in [-0.15, -0.1) is 0 Å². The van der Waals surface area contributed by atoms with Crippen LogP contribution in [0, 0.1) is 42.4 Å². The van der Waals surface area contributed by atoms with Gasteiger partial charge in [-0.05, 0) is 80.7 Å². The van der Waals surface area contributed by atoms with Crippen LogP contribution in [0.5, 0.6) is 5.75 Å². The predicted molar refractivity (Wildman–Crippen MR) is 211 cm³/mol. The second kappa shape index (κ2) is 17.4. The zero-order valence-electron chi connectivity index (χ0n) is 35.4. The molecule has 4 heterocycles. The number of aliphatic hydroxyl groups is 3. The summed E-state index contributed by atoms with van der Waals surface area (Å²) in [7, 11) is 1.51. The highest BCUT2D eigenvalue weighted by atomic mass is 35.5. The first kappa shape index (κ1) is 46.4. The molecule has 0 amide bonds. The molecule has 0 unspecified atom stereocenters. The number of aliphatic hydroxyl groups excluding tert-OH is 3. The molecule has 0 bridgehead atoms. The van der Waals surface area contributed by atoms with Crippen LogP contribution < -0.4 is 0 Å². The molecule has 58 heavy (non-hydrogen) atoms. The number of aromatic carboxylic acids is 1. The molecule has 5 N–H and O–H groups in total. The Bertz CT molecular complexity index is 1740. The van der Waals surface area contributed by atoms with Gasteiger partial charge in [-0.25, -0.2) is 9.59 Å². The van der Waals surface area contributed by atoms with Gasteiger partial charge in [-0.2, -0.15) is 0 Å². The molecule has 3 fully saturated rings. The van der Waals surface area contributed by atoms with Crippen molar-refractivity contribution in [1.29, 1.82) is 0 Å². The number of carboxylic acid groups (broad SMARTS) is 1. The number of ketones is 1. The predicted octanol–water partition coefficient (Wildman–Crippen LogP) is 5.31. The molecule has 14 nitrogen and oxygen atoms in total. The highest BCUT2D eigenvalue weighted by Gasteiger charge is 2.70. The number of phenols is 1. The number of aromatic hydroxyl groups is 1. The number of aryl methyl sites for hydroxylation is 1. The normalized spacial score (nSPS) is 38.7. The summed E-state index contributed by atoms with van der Waals surface area (Å²) in [6.45, 7) is 17.9. The van der Waals surface area contributed by atoms with E-state index in [2.05, 4.69) is 0 Å². The van der Waals surface area contributed by atoms with E-state index in [0.717, 1.165) is 0 Å². The van der Waals surface area contributed by atoms with E-state index >= 15 is 0 Å². The number of Topliss-reactive ketones (excluding diaryl/α,β-unsaturated/α-hetero) is 1. The zero-order chi connectivity index (χ0) is 43.4. The fourth-order valence-corrected chi connectivity index (χ4v) is 10.7. The number of hydrogen-bond acceptors (Lipinski definition) is 13. The van der Waals surface area contributed by atoms with Crippen LogP contribution >= 0.6 is 11.6 Å². The lowest BCUT2D eigenvalue weighted by Crippen LogP contribution is -2.64. The first-order valence-electron chi connectivity index (χ1n) is 20.5. The Kier molecular flexibility index (Phi) is 13.9. The SMILES string of the molecule is CCOC(=O)[C@@H]1O[C@H]([C@]2(C)O[C@]3(O[C@]4(C=C[C@@H]3O)O[C@H]([C@H](C)C(=O)[C@H](C)[C@H](O)[C@H](C)C[C@H](C)c3c(Cl)cc(C)c(O)c3C(=O)O)[C@H](C)C[C@@H]4C)[C@H](C)[C@@H]2OC)C[C@@H]1O. The second-order valence-electron chi connectivity index (χ2n) is 17.6. The molecular weight excluding hydrogens is 776 g/mol. The summed E-state index contributed by atoms with van der Waals surface area (Å²) in [6, 6.07) is 1.52. The Morgan fingerprint density at radius 3 is 2.33 bits per heavy atom. The van der Waals surface area contributed by atoms with Gasteiger partial charge >= 0.3 is 11.9 Å². The Morgan fingerprint density at radius 2 is 1.72 bits per heavy atom. The Hall–Kier alpha value is -2.66. The van der Waals surface area contributed by atoms with E-state index in [9.17, 15) is 39.9 Å². The Labute approximate surface area is 346 Å². The maximum absolute atomic E-state index is 14.3. The Balaban J connectivity index is 1.35. The van der Waals surface area contributed by atoms with Gasteiger partial charge in [0.25, 0.3) is 0 Å². The maximum Gasteiger partial charge on any atom is 0.339 e. The van der Waals surface area contributed by atoms with Gasteiger partial charge in [-0.3, -0.25) is 4.79 Å². The van der Waals surface area contributed by atoms with Gasteiger partial charge in [0.05, 0.1) is 37.1 Å². The largest absolute Gasteiger partial charge is 0.507 e. The summed E-state index contributed by atoms with van der Waals surface area (Å²) in [6.07, 6.45) is -2.84. The molecule has 0 saturated carbocycles. The summed E-state index contributed by atoms with van der Waals surface area (Å²) in [4.78, 5) is 39.0. The smallest absolute Gasteiger partial charge is 0.339 e.